The van der Waals surface area contributed by atoms with Crippen molar-refractivity contribution >= 4 is 45.5 Å². The molecule has 24 nitrogen and oxygen atoms in total. The lowest BCUT2D eigenvalue weighted by atomic mass is 9.97. The summed E-state index contributed by atoms with van der Waals surface area (Å²) in [6.45, 7) is 84.1. The van der Waals surface area contributed by atoms with Crippen LogP contribution < -0.4 is 18.9 Å². The summed E-state index contributed by atoms with van der Waals surface area (Å²) in [6.07, 6.45) is 0.604. The van der Waals surface area contributed by atoms with Gasteiger partial charge in [-0.1, -0.05) is 165 Å². The molecule has 0 amide bonds. The van der Waals surface area contributed by atoms with Crippen molar-refractivity contribution in [1.82, 2.24) is 0 Å². The lowest BCUT2D eigenvalue weighted by molar-refractivity contribution is -0.160. The number of aliphatic hydroxyl groups is 1. The first-order valence-corrected chi connectivity index (χ1v) is 65.0. The van der Waals surface area contributed by atoms with Gasteiger partial charge in [0.25, 0.3) is 0 Å². The zero-order valence-corrected chi connectivity index (χ0v) is 103. The first-order valence-electron chi connectivity index (χ1n) is 53.4. The number of aliphatic hydroxyl groups excluding tert-OH is 1. The Morgan fingerprint density at radius 2 is 0.573 bits per heavy atom. The summed E-state index contributed by atoms with van der Waals surface area (Å²) in [5.41, 5.74) is 2.90. The van der Waals surface area contributed by atoms with E-state index < -0.39 is 146 Å². The summed E-state index contributed by atoms with van der Waals surface area (Å²) in [5, 5.41) is 9.80. The molecule has 0 spiro atoms. The molecular formula is C118H194F4O24Si4. The van der Waals surface area contributed by atoms with E-state index >= 15 is 17.6 Å². The highest BCUT2D eigenvalue weighted by molar-refractivity contribution is 6.75. The van der Waals surface area contributed by atoms with Gasteiger partial charge < -0.3 is 108 Å². The van der Waals surface area contributed by atoms with E-state index in [9.17, 15) is 14.7 Å². The van der Waals surface area contributed by atoms with Gasteiger partial charge in [-0.25, -0.2) is 17.6 Å². The Morgan fingerprint density at radius 3 is 0.773 bits per heavy atom. The van der Waals surface area contributed by atoms with Crippen LogP contribution in [0.25, 0.3) is 0 Å². The van der Waals surface area contributed by atoms with Crippen molar-refractivity contribution in [2.24, 2.45) is 29.1 Å². The Hall–Kier alpha value is -6.17. The topological polar surface area (TPSA) is 248 Å². The van der Waals surface area contributed by atoms with Gasteiger partial charge in [-0.15, -0.1) is 6.58 Å². The lowest BCUT2D eigenvalue weighted by Gasteiger charge is -2.39. The van der Waals surface area contributed by atoms with Gasteiger partial charge in [-0.3, -0.25) is 4.79 Å². The second kappa shape index (κ2) is 57.3. The van der Waals surface area contributed by atoms with Crippen LogP contribution >= 0.6 is 0 Å². The summed E-state index contributed by atoms with van der Waals surface area (Å²) in [6, 6.07) is 29.8. The molecule has 8 rings (SSSR count). The van der Waals surface area contributed by atoms with Crippen LogP contribution in [0.5, 0.6) is 23.0 Å². The molecule has 150 heavy (non-hydrogen) atoms. The first kappa shape index (κ1) is 134. The zero-order chi connectivity index (χ0) is 114. The normalized spacial score (nSPS) is 22.9. The highest BCUT2D eigenvalue weighted by Gasteiger charge is 2.53. The molecule has 854 valence electrons. The number of ether oxygens (including phenoxy) is 17. The van der Waals surface area contributed by atoms with Crippen molar-refractivity contribution in [3.8, 4) is 23.0 Å². The molecule has 32 heteroatoms. The van der Waals surface area contributed by atoms with E-state index in [4.69, 9.17) is 98.2 Å². The van der Waals surface area contributed by atoms with E-state index in [0.29, 0.717) is 19.3 Å². The second-order valence-corrected chi connectivity index (χ2v) is 68.5. The van der Waals surface area contributed by atoms with Gasteiger partial charge in [0.15, 0.2) is 56.4 Å². The number of halogens is 4. The average molecular weight is 2190 g/mol. The smallest absolute Gasteiger partial charge is 0.311 e. The Labute approximate surface area is 904 Å². The van der Waals surface area contributed by atoms with Crippen LogP contribution in [-0.2, 0) is 115 Å². The van der Waals surface area contributed by atoms with Crippen molar-refractivity contribution in [3.63, 3.8) is 0 Å². The molecule has 4 aliphatic heterocycles. The number of methoxy groups -OCH3 is 4. The van der Waals surface area contributed by atoms with Crippen LogP contribution in [0.3, 0.4) is 0 Å². The fourth-order valence-corrected chi connectivity index (χ4v) is 22.0. The van der Waals surface area contributed by atoms with Crippen molar-refractivity contribution in [2.45, 2.75) is 460 Å². The minimum atomic E-state index is -2.05. The highest BCUT2D eigenvalue weighted by atomic mass is 28.4. The highest BCUT2D eigenvalue weighted by Crippen LogP contribution is 2.47. The number of esters is 1. The Bertz CT molecular complexity index is 4690. The Kier molecular flexibility index (Phi) is 51.3. The maximum Gasteiger partial charge on any atom is 0.311 e. The third kappa shape index (κ3) is 42.0. The lowest BCUT2D eigenvalue weighted by Crippen LogP contribution is -2.44. The summed E-state index contributed by atoms with van der Waals surface area (Å²) in [5.74, 6) is -3.46. The van der Waals surface area contributed by atoms with Gasteiger partial charge in [0, 0.05) is 67.5 Å². The van der Waals surface area contributed by atoms with Crippen LogP contribution in [0, 0.1) is 29.1 Å². The van der Waals surface area contributed by atoms with Crippen molar-refractivity contribution in [2.75, 3.05) is 41.7 Å². The molecule has 4 heterocycles. The van der Waals surface area contributed by atoms with Gasteiger partial charge in [0.05, 0.1) is 91.3 Å². The van der Waals surface area contributed by atoms with E-state index in [1.54, 1.807) is 121 Å². The van der Waals surface area contributed by atoms with Gasteiger partial charge in [0.2, 0.25) is 0 Å². The molecular weight excluding hydrogens is 1990 g/mol. The monoisotopic (exact) mass is 2180 g/mol. The van der Waals surface area contributed by atoms with Crippen LogP contribution in [0.15, 0.2) is 157 Å². The van der Waals surface area contributed by atoms with E-state index in [1.807, 2.05) is 166 Å². The van der Waals surface area contributed by atoms with Gasteiger partial charge in [-0.2, -0.15) is 0 Å². The van der Waals surface area contributed by atoms with Gasteiger partial charge in [0.1, 0.15) is 101 Å². The zero-order valence-electron chi connectivity index (χ0n) is 99.4. The van der Waals surface area contributed by atoms with E-state index in [-0.39, 0.29) is 132 Å². The van der Waals surface area contributed by atoms with Crippen molar-refractivity contribution < 1.29 is 130 Å². The van der Waals surface area contributed by atoms with E-state index in [0.717, 1.165) is 51.5 Å². The molecule has 0 aromatic heterocycles. The molecule has 4 fully saturated rings. The quantitative estimate of drug-likeness (QED) is 0.0142. The summed E-state index contributed by atoms with van der Waals surface area (Å²) < 4.78 is 190. The summed E-state index contributed by atoms with van der Waals surface area (Å²) >= 11 is 0. The molecule has 20 atom stereocenters. The molecule has 0 saturated carbocycles. The second-order valence-electron chi connectivity index (χ2n) is 49.5. The largest absolute Gasteiger partial charge is 0.497 e. The fraction of sp³-hybridized carbons (Fsp3) is 0.695. The molecule has 0 radical (unpaired) electrons. The van der Waals surface area contributed by atoms with Gasteiger partial charge >= 0.3 is 5.97 Å². The molecule has 4 aliphatic rings. The molecule has 0 aliphatic carbocycles. The van der Waals surface area contributed by atoms with Crippen LogP contribution in [0.4, 0.5) is 17.6 Å². The minimum absolute atomic E-state index is 0.0392. The van der Waals surface area contributed by atoms with Crippen molar-refractivity contribution in [1.29, 1.82) is 0 Å². The number of hydrogen-bond acceptors (Lipinski definition) is 24. The number of benzene rings is 4. The minimum Gasteiger partial charge on any atom is -0.497 e. The summed E-state index contributed by atoms with van der Waals surface area (Å²) in [4.78, 5) is 23.7. The maximum atomic E-state index is 16.3. The molecule has 4 aromatic rings. The Balaban J connectivity index is 0.000000352. The number of hydrogen-bond donors (Lipinski definition) is 1. The van der Waals surface area contributed by atoms with E-state index in [2.05, 4.69) is 142 Å². The molecule has 4 saturated heterocycles. The first-order chi connectivity index (χ1) is 69.0. The maximum absolute atomic E-state index is 16.3. The molecule has 4 aromatic carbocycles. The van der Waals surface area contributed by atoms with Crippen LogP contribution in [-0.4, -0.2) is 213 Å². The average Bonchev–Trinajstić information content (AvgIpc) is 1.62. The van der Waals surface area contributed by atoms with Crippen LogP contribution in [0.1, 0.15) is 263 Å². The number of carbonyl (C=O) groups is 2. The summed E-state index contributed by atoms with van der Waals surface area (Å²) in [7, 11) is -1.63. The third-order valence-corrected chi connectivity index (χ3v) is 48.0. The molecule has 1 N–H and O–H groups in total. The molecule has 4 unspecified atom stereocenters. The fourth-order valence-electron chi connectivity index (χ4n) is 16.0. The molecule has 0 bridgehead atoms. The third-order valence-electron chi connectivity index (χ3n) is 29.7. The number of aldehydes is 1. The standard InChI is InChI=1S/C33H55FO7Si.C29H47FO5Si.C28H47FO6Si.C28H45FO6Si/c1-22(23(2)41-42(12,13)32(6,7)8)20-26(34)28(38-21-24-14-16-25(36-11)17-15-24)29-27(39-33(9,10)40-29)18-19-37-30(35)31(3,4)5;1-12-13-25-27(34-29(7,8)33-25)26(32-19-22-14-16-23(31-9)17-15-22)24(30)18-20(2)21(3)35-36(10,11)28(4,5)6;2*1-19(20(2)35-36(9,10)27(3,4)5)17-23(29)25(26-24(15-16-30)33-28(6,7)34-26)32-18-21-11-13-22(31-8)14-12-21/h14-17,20,22-23,27-29H,18-19,21H2,1-13H3;12,14-18,20-21,25-27H,1,13,19H2,2-11H3;11-14,17,19-20,24-26,30H,15-16,18H2,1-10H3;11-14,16-17,19-20,24-26H,15,18H2,1-10H3/b26-20+;24-18+;2*23-17+/t22-,23+,27+,28?,29+;20-,21+,25+,26?,27+;2*19-,20+,24+,25?,26+/m1111/s1. The van der Waals surface area contributed by atoms with E-state index in [1.165, 1.54) is 0 Å². The number of carbonyl (C=O) groups excluding carboxylic acids is 2. The number of rotatable bonds is 49. The predicted octanol–water partition coefficient (Wildman–Crippen LogP) is 28.5. The SMILES string of the molecule is C=CC[C@@H]1OC(C)(C)O[C@@H]1C(OCc1ccc(OC)cc1)/C(F)=C\[C@@H](C)[C@H](C)O[Si](C)(C)C(C)(C)C.COc1ccc(COC(/C(F)=C\[C@@H](C)[C@H](C)O[Si](C)(C)C(C)(C)C)[C@H]2OC(C)(C)O[C@H]2CC=O)cc1.COc1ccc(COC(/C(F)=C\[C@@H](C)[C@H](C)O[Si](C)(C)C(C)(C)C)[C@H]2OC(C)(C)O[C@H]2CCO)cc1.COc1ccc(COC(/C(F)=C\[C@@H](C)[C@H](C)O[Si](C)(C)C(C)(C)C)[C@H]2OC(C)(C)O[C@H]2CCOC(=O)C(C)(C)C)cc1. The van der Waals surface area contributed by atoms with Crippen LogP contribution in [0.2, 0.25) is 72.5 Å². The van der Waals surface area contributed by atoms with Crippen molar-refractivity contribution in [3.05, 3.63) is 180 Å². The van der Waals surface area contributed by atoms with Gasteiger partial charge in [-0.05, 0) is 284 Å². The predicted molar refractivity (Wildman–Crippen MR) is 598 cm³/mol. The Morgan fingerprint density at radius 1 is 0.360 bits per heavy atom.